The topological polar surface area (TPSA) is 29.5 Å². The van der Waals surface area contributed by atoms with Gasteiger partial charge in [0.05, 0.1) is 0 Å². The van der Waals surface area contributed by atoms with E-state index in [-0.39, 0.29) is 12.3 Å². The first-order valence-corrected chi connectivity index (χ1v) is 11.8. The van der Waals surface area contributed by atoms with Gasteiger partial charge in [-0.15, -0.1) is 0 Å². The lowest BCUT2D eigenvalue weighted by Gasteiger charge is -2.25. The number of halogens is 3. The van der Waals surface area contributed by atoms with E-state index in [1.54, 1.807) is 24.3 Å². The summed E-state index contributed by atoms with van der Waals surface area (Å²) in [7, 11) is 2.07. The van der Waals surface area contributed by atoms with Gasteiger partial charge in [-0.1, -0.05) is 71.8 Å². The predicted molar refractivity (Wildman–Crippen MR) is 133 cm³/mol. The zero-order valence-electron chi connectivity index (χ0n) is 20.4. The molecule has 0 atom stereocenters. The van der Waals surface area contributed by atoms with Crippen molar-refractivity contribution in [3.63, 3.8) is 0 Å². The summed E-state index contributed by atoms with van der Waals surface area (Å²) < 4.78 is 42.9. The number of rotatable bonds is 11. The number of ether oxygens (including phenoxy) is 1. The number of benzene rings is 3. The van der Waals surface area contributed by atoms with Gasteiger partial charge < -0.3 is 9.64 Å². The molecule has 3 aromatic carbocycles. The van der Waals surface area contributed by atoms with Gasteiger partial charge >= 0.3 is 6.18 Å². The predicted octanol–water partition coefficient (Wildman–Crippen LogP) is 6.51. The van der Waals surface area contributed by atoms with Crippen molar-refractivity contribution >= 4 is 5.78 Å². The van der Waals surface area contributed by atoms with Crippen molar-refractivity contribution in [3.8, 4) is 5.75 Å². The largest absolute Gasteiger partial charge is 0.492 e. The molecule has 0 unspecified atom stereocenters. The van der Waals surface area contributed by atoms with Gasteiger partial charge in [-0.25, -0.2) is 0 Å². The average Bonchev–Trinajstić information content (AvgIpc) is 2.82. The number of hydrogen-bond donors (Lipinski definition) is 0. The Labute approximate surface area is 205 Å². The van der Waals surface area contributed by atoms with Crippen LogP contribution in [0, 0.1) is 13.8 Å². The van der Waals surface area contributed by atoms with Crippen LogP contribution >= 0.6 is 0 Å². The molecule has 0 aliphatic carbocycles. The summed E-state index contributed by atoms with van der Waals surface area (Å²) in [6.45, 7) is 6.21. The number of ketones is 1. The molecule has 0 spiro atoms. The van der Waals surface area contributed by atoms with Crippen LogP contribution in [0.5, 0.6) is 5.75 Å². The highest BCUT2D eigenvalue weighted by atomic mass is 19.4. The Kier molecular flexibility index (Phi) is 9.10. The molecule has 35 heavy (non-hydrogen) atoms. The molecule has 3 aromatic rings. The van der Waals surface area contributed by atoms with Gasteiger partial charge in [0.25, 0.3) is 0 Å². The third-order valence-electron chi connectivity index (χ3n) is 6.08. The molecule has 3 rings (SSSR count). The molecule has 3 nitrogen and oxygen atoms in total. The van der Waals surface area contributed by atoms with Crippen LogP contribution in [-0.2, 0) is 11.2 Å². The second kappa shape index (κ2) is 12.0. The number of hydrogen-bond acceptors (Lipinski definition) is 3. The maximum atomic E-state index is 12.4. The molecule has 0 radical (unpaired) electrons. The molecule has 6 heteroatoms. The number of Topliss-reactive ketones (excluding diaryl/α,β-unsaturated/α-hetero) is 1. The van der Waals surface area contributed by atoms with Crippen molar-refractivity contribution in [1.29, 1.82) is 0 Å². The average molecular weight is 484 g/mol. The summed E-state index contributed by atoms with van der Waals surface area (Å²) in [6, 6.07) is 24.2. The first-order chi connectivity index (χ1) is 16.6. The number of nitrogens with zero attached hydrogens (tertiary/aromatic N) is 1. The number of aryl methyl sites for hydroxylation is 3. The van der Waals surface area contributed by atoms with Crippen molar-refractivity contribution in [2.45, 2.75) is 38.8 Å². The molecule has 0 fully saturated rings. The number of carbonyl (C=O) groups is 1. The molecule has 0 amide bonds. The Hall–Kier alpha value is -3.12. The molecule has 186 valence electrons. The van der Waals surface area contributed by atoms with Gasteiger partial charge in [0.15, 0.2) is 0 Å². The quantitative estimate of drug-likeness (QED) is 0.311. The molecule has 0 aromatic heterocycles. The Morgan fingerprint density at radius 3 is 1.86 bits per heavy atom. The second-order valence-corrected chi connectivity index (χ2v) is 9.05. The smallest absolute Gasteiger partial charge is 0.449 e. The van der Waals surface area contributed by atoms with Crippen molar-refractivity contribution in [2.75, 3.05) is 26.7 Å². The Balaban J connectivity index is 1.53. The van der Waals surface area contributed by atoms with Gasteiger partial charge in [0, 0.05) is 25.4 Å². The summed E-state index contributed by atoms with van der Waals surface area (Å²) in [5.41, 5.74) is 5.68. The fourth-order valence-electron chi connectivity index (χ4n) is 3.88. The van der Waals surface area contributed by atoms with Crippen LogP contribution in [0.3, 0.4) is 0 Å². The zero-order chi connectivity index (χ0) is 25.4. The molecular formula is C29H32F3NO2. The van der Waals surface area contributed by atoms with Crippen LogP contribution in [0.25, 0.3) is 0 Å². The minimum absolute atomic E-state index is 0.0563. The summed E-state index contributed by atoms with van der Waals surface area (Å²) in [5.74, 6) is -0.812. The number of carbonyl (C=O) groups excluding carboxylic acids is 1. The minimum atomic E-state index is -4.77. The maximum Gasteiger partial charge on any atom is 0.449 e. The molecule has 0 bridgehead atoms. The van der Waals surface area contributed by atoms with Crippen molar-refractivity contribution < 1.29 is 22.7 Å². The molecule has 0 heterocycles. The monoisotopic (exact) mass is 483 g/mol. The van der Waals surface area contributed by atoms with Crippen LogP contribution in [0.2, 0.25) is 0 Å². The summed E-state index contributed by atoms with van der Waals surface area (Å²) in [5, 5.41) is 0. The molecule has 0 N–H and O–H groups in total. The molecule has 0 aliphatic heterocycles. The van der Waals surface area contributed by atoms with Gasteiger partial charge in [0.1, 0.15) is 12.4 Å². The van der Waals surface area contributed by atoms with Crippen LogP contribution in [-0.4, -0.2) is 43.6 Å². The van der Waals surface area contributed by atoms with Gasteiger partial charge in [-0.2, -0.15) is 13.2 Å². The van der Waals surface area contributed by atoms with Crippen molar-refractivity contribution in [3.05, 3.63) is 101 Å². The van der Waals surface area contributed by atoms with Crippen LogP contribution in [0.4, 0.5) is 13.2 Å². The van der Waals surface area contributed by atoms with E-state index in [1.807, 2.05) is 0 Å². The second-order valence-electron chi connectivity index (χ2n) is 9.05. The van der Waals surface area contributed by atoms with Gasteiger partial charge in [-0.05, 0) is 56.1 Å². The lowest BCUT2D eigenvalue weighted by atomic mass is 9.90. The standard InChI is InChI=1S/C29H32F3NO2/c1-21-4-11-24(12-5-21)27(25-13-6-22(2)7-14-25)20-33(3)18-19-35-26-15-8-23(9-16-26)10-17-28(34)29(30,31)32/h4-9,11-16,27H,10,17-20H2,1-3H3. The molecular weight excluding hydrogens is 451 g/mol. The summed E-state index contributed by atoms with van der Waals surface area (Å²) >= 11 is 0. The van der Waals surface area contributed by atoms with E-state index in [9.17, 15) is 18.0 Å². The molecule has 0 saturated heterocycles. The van der Waals surface area contributed by atoms with Crippen molar-refractivity contribution in [1.82, 2.24) is 4.90 Å². The Morgan fingerprint density at radius 2 is 1.37 bits per heavy atom. The third-order valence-corrected chi connectivity index (χ3v) is 6.08. The highest BCUT2D eigenvalue weighted by molar-refractivity contribution is 5.84. The van der Waals surface area contributed by atoms with Gasteiger partial charge in [-0.3, -0.25) is 4.79 Å². The number of likely N-dealkylation sites (N-methyl/N-ethyl adjacent to an activating group) is 1. The number of alkyl halides is 3. The Morgan fingerprint density at radius 1 is 0.857 bits per heavy atom. The van der Waals surface area contributed by atoms with E-state index in [2.05, 4.69) is 74.3 Å². The van der Waals surface area contributed by atoms with Crippen molar-refractivity contribution in [2.24, 2.45) is 0 Å². The van der Waals surface area contributed by atoms with E-state index in [0.717, 1.165) is 13.1 Å². The first kappa shape index (κ1) is 26.5. The summed E-state index contributed by atoms with van der Waals surface area (Å²) in [6.07, 6.45) is -5.26. The lowest BCUT2D eigenvalue weighted by Crippen LogP contribution is -2.29. The fraction of sp³-hybridized carbons (Fsp3) is 0.345. The van der Waals surface area contributed by atoms with Crippen LogP contribution < -0.4 is 4.74 Å². The third kappa shape index (κ3) is 8.25. The van der Waals surface area contributed by atoms with E-state index < -0.39 is 18.4 Å². The van der Waals surface area contributed by atoms with E-state index in [1.165, 1.54) is 22.3 Å². The lowest BCUT2D eigenvalue weighted by molar-refractivity contribution is -0.171. The molecule has 0 aliphatic rings. The highest BCUT2D eigenvalue weighted by Crippen LogP contribution is 2.26. The molecule has 0 saturated carbocycles. The summed E-state index contributed by atoms with van der Waals surface area (Å²) in [4.78, 5) is 13.3. The van der Waals surface area contributed by atoms with E-state index in [4.69, 9.17) is 4.74 Å². The highest BCUT2D eigenvalue weighted by Gasteiger charge is 2.37. The van der Waals surface area contributed by atoms with E-state index in [0.29, 0.717) is 17.9 Å². The minimum Gasteiger partial charge on any atom is -0.492 e. The Bertz CT molecular complexity index is 1030. The maximum absolute atomic E-state index is 12.4. The van der Waals surface area contributed by atoms with E-state index >= 15 is 0 Å². The fourth-order valence-corrected chi connectivity index (χ4v) is 3.88. The first-order valence-electron chi connectivity index (χ1n) is 11.8. The van der Waals surface area contributed by atoms with Gasteiger partial charge in [0.2, 0.25) is 5.78 Å². The SMILES string of the molecule is Cc1ccc(C(CN(C)CCOc2ccc(CCC(=O)C(F)(F)F)cc2)c2ccc(C)cc2)cc1. The zero-order valence-corrected chi connectivity index (χ0v) is 20.4. The van der Waals surface area contributed by atoms with Crippen LogP contribution in [0.15, 0.2) is 72.8 Å². The normalized spacial score (nSPS) is 11.8. The van der Waals surface area contributed by atoms with Crippen LogP contribution in [0.1, 0.15) is 40.2 Å².